The number of rotatable bonds is 6. The Labute approximate surface area is 161 Å². The monoisotopic (exact) mass is 379 g/mol. The number of aromatic amines is 1. The van der Waals surface area contributed by atoms with Gasteiger partial charge >= 0.3 is 5.97 Å². The number of hydrogen-bond acceptors (Lipinski definition) is 4. The number of amides is 1. The second-order valence-electron chi connectivity index (χ2n) is 7.34. The second kappa shape index (κ2) is 7.64. The lowest BCUT2D eigenvalue weighted by molar-refractivity contribution is -0.148. The molecule has 0 saturated heterocycles. The number of carboxylic acid groups (broad SMARTS) is 1. The first-order chi connectivity index (χ1) is 13.3. The molecule has 3 rings (SSSR count). The van der Waals surface area contributed by atoms with E-state index in [1.807, 2.05) is 24.3 Å². The van der Waals surface area contributed by atoms with Gasteiger partial charge in [0.2, 0.25) is 5.91 Å². The summed E-state index contributed by atoms with van der Waals surface area (Å²) < 4.78 is 0. The van der Waals surface area contributed by atoms with Crippen LogP contribution in [0.4, 0.5) is 5.69 Å². The molecule has 28 heavy (non-hydrogen) atoms. The summed E-state index contributed by atoms with van der Waals surface area (Å²) in [6.07, 6.45) is 0.348. The molecule has 0 saturated carbocycles. The molecule has 3 aromatic rings. The molecule has 1 aromatic heterocycles. The van der Waals surface area contributed by atoms with Gasteiger partial charge < -0.3 is 10.4 Å². The van der Waals surface area contributed by atoms with Gasteiger partial charge in [-0.05, 0) is 37.6 Å². The number of nitrogens with one attached hydrogen (secondary N) is 2. The van der Waals surface area contributed by atoms with Crippen molar-refractivity contribution in [2.24, 2.45) is 5.41 Å². The zero-order valence-electron chi connectivity index (χ0n) is 15.7. The first kappa shape index (κ1) is 19.3. The Kier molecular flexibility index (Phi) is 5.26. The van der Waals surface area contributed by atoms with Crippen LogP contribution in [-0.4, -0.2) is 27.2 Å². The molecule has 7 heteroatoms. The SMILES string of the molecule is CC(C)(CC(=O)Nc1cccc(Cc2n[nH]c(=O)c3ccccc23)c1)C(=O)O. The third-order valence-electron chi connectivity index (χ3n) is 4.54. The van der Waals surface area contributed by atoms with E-state index in [1.165, 1.54) is 13.8 Å². The van der Waals surface area contributed by atoms with E-state index in [4.69, 9.17) is 5.11 Å². The van der Waals surface area contributed by atoms with Crippen molar-refractivity contribution < 1.29 is 14.7 Å². The van der Waals surface area contributed by atoms with E-state index < -0.39 is 11.4 Å². The van der Waals surface area contributed by atoms with Crippen molar-refractivity contribution in [3.05, 3.63) is 70.1 Å². The van der Waals surface area contributed by atoms with Gasteiger partial charge in [0.15, 0.2) is 0 Å². The van der Waals surface area contributed by atoms with E-state index in [0.717, 1.165) is 16.6 Å². The van der Waals surface area contributed by atoms with Gasteiger partial charge in [0.1, 0.15) is 0 Å². The van der Waals surface area contributed by atoms with Crippen LogP contribution in [0.25, 0.3) is 10.8 Å². The molecule has 0 fully saturated rings. The maximum atomic E-state index is 12.2. The van der Waals surface area contributed by atoms with Crippen molar-refractivity contribution in [1.82, 2.24) is 10.2 Å². The molecule has 0 radical (unpaired) electrons. The highest BCUT2D eigenvalue weighted by atomic mass is 16.4. The van der Waals surface area contributed by atoms with Crippen molar-refractivity contribution in [3.8, 4) is 0 Å². The first-order valence-electron chi connectivity index (χ1n) is 8.85. The van der Waals surface area contributed by atoms with E-state index in [1.54, 1.807) is 24.3 Å². The van der Waals surface area contributed by atoms with E-state index >= 15 is 0 Å². The predicted octanol–water partition coefficient (Wildman–Crippen LogP) is 2.95. The van der Waals surface area contributed by atoms with E-state index in [0.29, 0.717) is 17.5 Å². The number of aliphatic carboxylic acids is 1. The molecule has 1 heterocycles. The van der Waals surface area contributed by atoms with E-state index in [9.17, 15) is 14.4 Å². The van der Waals surface area contributed by atoms with Crippen LogP contribution in [0, 0.1) is 5.41 Å². The molecule has 0 bridgehead atoms. The molecular weight excluding hydrogens is 358 g/mol. The van der Waals surface area contributed by atoms with Crippen molar-refractivity contribution in [3.63, 3.8) is 0 Å². The third kappa shape index (κ3) is 4.25. The molecule has 3 N–H and O–H groups in total. The number of fused-ring (bicyclic) bond motifs is 1. The van der Waals surface area contributed by atoms with Gasteiger partial charge in [0.05, 0.1) is 16.5 Å². The summed E-state index contributed by atoms with van der Waals surface area (Å²) in [5.74, 6) is -1.38. The Morgan fingerprint density at radius 2 is 1.82 bits per heavy atom. The minimum Gasteiger partial charge on any atom is -0.481 e. The maximum absolute atomic E-state index is 12.2. The van der Waals surface area contributed by atoms with Gasteiger partial charge in [-0.2, -0.15) is 5.10 Å². The van der Waals surface area contributed by atoms with Crippen molar-refractivity contribution in [1.29, 1.82) is 0 Å². The standard InChI is InChI=1S/C21H21N3O4/c1-21(2,20(27)28)12-18(25)22-14-7-5-6-13(10-14)11-17-15-8-3-4-9-16(15)19(26)24-23-17/h3-10H,11-12H2,1-2H3,(H,22,25)(H,24,26)(H,27,28). The highest BCUT2D eigenvalue weighted by molar-refractivity contribution is 5.94. The number of nitrogens with zero attached hydrogens (tertiary/aromatic N) is 1. The Bertz CT molecular complexity index is 1100. The molecule has 1 amide bonds. The van der Waals surface area contributed by atoms with Crippen LogP contribution in [0.2, 0.25) is 0 Å². The number of benzene rings is 2. The Morgan fingerprint density at radius 1 is 1.11 bits per heavy atom. The fourth-order valence-electron chi connectivity index (χ4n) is 2.94. The number of anilines is 1. The highest BCUT2D eigenvalue weighted by Gasteiger charge is 2.30. The van der Waals surface area contributed by atoms with Gasteiger partial charge in [0, 0.05) is 23.9 Å². The molecule has 0 spiro atoms. The van der Waals surface area contributed by atoms with Crippen molar-refractivity contribution in [2.45, 2.75) is 26.7 Å². The summed E-state index contributed by atoms with van der Waals surface area (Å²) in [5, 5.41) is 19.9. The largest absolute Gasteiger partial charge is 0.481 e. The number of carbonyl (C=O) groups excluding carboxylic acids is 1. The second-order valence-corrected chi connectivity index (χ2v) is 7.34. The molecule has 0 atom stereocenters. The summed E-state index contributed by atoms with van der Waals surface area (Å²) in [5.41, 5.74) is 0.838. The average molecular weight is 379 g/mol. The lowest BCUT2D eigenvalue weighted by Gasteiger charge is -2.18. The Balaban J connectivity index is 1.80. The molecule has 0 aliphatic carbocycles. The van der Waals surface area contributed by atoms with E-state index in [-0.39, 0.29) is 17.9 Å². The lowest BCUT2D eigenvalue weighted by atomic mass is 9.89. The van der Waals surface area contributed by atoms with Crippen LogP contribution in [0.1, 0.15) is 31.5 Å². The molecule has 0 unspecified atom stereocenters. The number of carboxylic acids is 1. The van der Waals surface area contributed by atoms with Crippen molar-refractivity contribution >= 4 is 28.3 Å². The smallest absolute Gasteiger partial charge is 0.309 e. The molecular formula is C21H21N3O4. The number of H-pyrrole nitrogens is 1. The maximum Gasteiger partial charge on any atom is 0.309 e. The van der Waals surface area contributed by atoms with Gasteiger partial charge in [-0.25, -0.2) is 5.10 Å². The Morgan fingerprint density at radius 3 is 2.54 bits per heavy atom. The minimum absolute atomic E-state index is 0.126. The normalized spacial score (nSPS) is 11.4. The van der Waals surface area contributed by atoms with Crippen molar-refractivity contribution in [2.75, 3.05) is 5.32 Å². The van der Waals surface area contributed by atoms with Crippen LogP contribution in [0.3, 0.4) is 0 Å². The lowest BCUT2D eigenvalue weighted by Crippen LogP contribution is -2.29. The molecule has 0 aliphatic rings. The fraction of sp³-hybridized carbons (Fsp3) is 0.238. The number of hydrogen-bond donors (Lipinski definition) is 3. The predicted molar refractivity (Wildman–Crippen MR) is 106 cm³/mol. The number of aromatic nitrogens is 2. The average Bonchev–Trinajstić information content (AvgIpc) is 2.64. The molecule has 7 nitrogen and oxygen atoms in total. The van der Waals surface area contributed by atoms with Crippen LogP contribution in [0.15, 0.2) is 53.3 Å². The summed E-state index contributed by atoms with van der Waals surface area (Å²) in [6.45, 7) is 3.02. The zero-order chi connectivity index (χ0) is 20.3. The Hall–Kier alpha value is -3.48. The summed E-state index contributed by atoms with van der Waals surface area (Å²) in [7, 11) is 0. The van der Waals surface area contributed by atoms with Gasteiger partial charge in [-0.15, -0.1) is 0 Å². The van der Waals surface area contributed by atoms with Crippen LogP contribution in [-0.2, 0) is 16.0 Å². The summed E-state index contributed by atoms with van der Waals surface area (Å²) in [4.78, 5) is 35.3. The summed E-state index contributed by atoms with van der Waals surface area (Å²) >= 11 is 0. The van der Waals surface area contributed by atoms with Crippen LogP contribution < -0.4 is 10.9 Å². The topological polar surface area (TPSA) is 112 Å². The molecule has 144 valence electrons. The zero-order valence-corrected chi connectivity index (χ0v) is 15.7. The third-order valence-corrected chi connectivity index (χ3v) is 4.54. The molecule has 0 aliphatic heterocycles. The van der Waals surface area contributed by atoms with Gasteiger partial charge in [-0.3, -0.25) is 14.4 Å². The van der Waals surface area contributed by atoms with Crippen LogP contribution in [0.5, 0.6) is 0 Å². The van der Waals surface area contributed by atoms with Gasteiger partial charge in [-0.1, -0.05) is 30.3 Å². The first-order valence-corrected chi connectivity index (χ1v) is 8.85. The highest BCUT2D eigenvalue weighted by Crippen LogP contribution is 2.22. The number of carbonyl (C=O) groups is 2. The summed E-state index contributed by atoms with van der Waals surface area (Å²) in [6, 6.07) is 14.5. The fourth-order valence-corrected chi connectivity index (χ4v) is 2.94. The van der Waals surface area contributed by atoms with Crippen LogP contribution >= 0.6 is 0 Å². The van der Waals surface area contributed by atoms with E-state index in [2.05, 4.69) is 15.5 Å². The van der Waals surface area contributed by atoms with Gasteiger partial charge in [0.25, 0.3) is 5.56 Å². The quantitative estimate of drug-likeness (QED) is 0.610. The minimum atomic E-state index is -1.14. The molecule has 2 aromatic carbocycles.